The van der Waals surface area contributed by atoms with E-state index >= 15 is 0 Å². The van der Waals surface area contributed by atoms with Gasteiger partial charge in [-0.15, -0.1) is 0 Å². The summed E-state index contributed by atoms with van der Waals surface area (Å²) < 4.78 is 1.86. The second-order valence-electron chi connectivity index (χ2n) is 2.58. The molecule has 1 aliphatic rings. The number of hydrazine groups is 1. The van der Waals surface area contributed by atoms with Crippen molar-refractivity contribution in [1.29, 1.82) is 0 Å². The lowest BCUT2D eigenvalue weighted by atomic mass is 10.4. The van der Waals surface area contributed by atoms with Crippen molar-refractivity contribution in [2.75, 3.05) is 5.32 Å². The van der Waals surface area contributed by atoms with Gasteiger partial charge in [-0.2, -0.15) is 0 Å². The maximum Gasteiger partial charge on any atom is 0.334 e. The maximum atomic E-state index is 10.9. The van der Waals surface area contributed by atoms with Gasteiger partial charge in [-0.1, -0.05) is 0 Å². The zero-order valence-corrected chi connectivity index (χ0v) is 6.59. The number of carbonyl (C=O) groups is 1. The SMILES string of the molecule is Cn1cnc2c1CNNC(=O)N2. The number of hydrogen-bond donors (Lipinski definition) is 3. The van der Waals surface area contributed by atoms with Crippen LogP contribution in [0.5, 0.6) is 0 Å². The van der Waals surface area contributed by atoms with Crippen LogP contribution in [-0.2, 0) is 13.6 Å². The molecule has 1 aromatic rings. The molecule has 1 aromatic heterocycles. The smallest absolute Gasteiger partial charge is 0.334 e. The molecule has 64 valence electrons. The number of rotatable bonds is 0. The zero-order chi connectivity index (χ0) is 8.55. The van der Waals surface area contributed by atoms with Crippen LogP contribution in [-0.4, -0.2) is 15.6 Å². The Bertz CT molecular complexity index is 318. The first-order chi connectivity index (χ1) is 5.77. The largest absolute Gasteiger partial charge is 0.335 e. The number of hydrogen-bond acceptors (Lipinski definition) is 3. The molecule has 0 aromatic carbocycles. The first kappa shape index (κ1) is 7.11. The van der Waals surface area contributed by atoms with E-state index in [1.54, 1.807) is 6.33 Å². The second kappa shape index (κ2) is 2.49. The van der Waals surface area contributed by atoms with Crippen LogP contribution in [0.2, 0.25) is 0 Å². The minimum atomic E-state index is -0.285. The van der Waals surface area contributed by atoms with Crippen LogP contribution >= 0.6 is 0 Å². The van der Waals surface area contributed by atoms with Gasteiger partial charge in [0.15, 0.2) is 5.82 Å². The highest BCUT2D eigenvalue weighted by Gasteiger charge is 2.14. The number of amides is 2. The fourth-order valence-corrected chi connectivity index (χ4v) is 1.12. The number of anilines is 1. The minimum absolute atomic E-state index is 0.285. The lowest BCUT2D eigenvalue weighted by Gasteiger charge is -2.00. The van der Waals surface area contributed by atoms with E-state index in [9.17, 15) is 4.79 Å². The number of urea groups is 1. The van der Waals surface area contributed by atoms with Crippen LogP contribution in [0.1, 0.15) is 5.69 Å². The van der Waals surface area contributed by atoms with Crippen LogP contribution in [0.25, 0.3) is 0 Å². The third-order valence-electron chi connectivity index (χ3n) is 1.75. The Balaban J connectivity index is 2.39. The average molecular weight is 167 g/mol. The molecule has 1 aliphatic heterocycles. The first-order valence-corrected chi connectivity index (χ1v) is 3.57. The van der Waals surface area contributed by atoms with Crippen LogP contribution < -0.4 is 16.2 Å². The molecular formula is C6H9N5O. The van der Waals surface area contributed by atoms with E-state index in [1.165, 1.54) is 0 Å². The van der Waals surface area contributed by atoms with Gasteiger partial charge in [0.25, 0.3) is 0 Å². The van der Waals surface area contributed by atoms with Crippen LogP contribution in [0, 0.1) is 0 Å². The van der Waals surface area contributed by atoms with Crippen LogP contribution in [0.3, 0.4) is 0 Å². The number of nitrogens with zero attached hydrogens (tertiary/aromatic N) is 2. The molecule has 2 rings (SSSR count). The van der Waals surface area contributed by atoms with Gasteiger partial charge in [-0.25, -0.2) is 15.2 Å². The van der Waals surface area contributed by atoms with E-state index in [1.807, 2.05) is 11.6 Å². The highest BCUT2D eigenvalue weighted by molar-refractivity contribution is 5.88. The summed E-state index contributed by atoms with van der Waals surface area (Å²) in [5.74, 6) is 0.611. The van der Waals surface area contributed by atoms with Crippen molar-refractivity contribution in [3.05, 3.63) is 12.0 Å². The molecule has 3 N–H and O–H groups in total. The monoisotopic (exact) mass is 167 g/mol. The average Bonchev–Trinajstić information content (AvgIpc) is 2.31. The molecule has 0 saturated heterocycles. The fraction of sp³-hybridized carbons (Fsp3) is 0.333. The summed E-state index contributed by atoms with van der Waals surface area (Å²) in [5.41, 5.74) is 6.16. The minimum Gasteiger partial charge on any atom is -0.335 e. The Hall–Kier alpha value is -1.56. The van der Waals surface area contributed by atoms with Crippen LogP contribution in [0.15, 0.2) is 6.33 Å². The fourth-order valence-electron chi connectivity index (χ4n) is 1.12. The summed E-state index contributed by atoms with van der Waals surface area (Å²) in [5, 5.41) is 2.60. The Kier molecular flexibility index (Phi) is 1.47. The van der Waals surface area contributed by atoms with Crippen LogP contribution in [0.4, 0.5) is 10.6 Å². The van der Waals surface area contributed by atoms with Crippen molar-refractivity contribution in [3.8, 4) is 0 Å². The maximum absolute atomic E-state index is 10.9. The van der Waals surface area contributed by atoms with E-state index in [-0.39, 0.29) is 6.03 Å². The van der Waals surface area contributed by atoms with E-state index in [0.29, 0.717) is 12.4 Å². The molecular weight excluding hydrogens is 158 g/mol. The second-order valence-corrected chi connectivity index (χ2v) is 2.58. The Morgan fingerprint density at radius 1 is 1.67 bits per heavy atom. The molecule has 0 saturated carbocycles. The lowest BCUT2D eigenvalue weighted by Crippen LogP contribution is -2.37. The molecule has 0 fully saturated rings. The summed E-state index contributed by atoms with van der Waals surface area (Å²) in [4.78, 5) is 14.9. The van der Waals surface area contributed by atoms with Crippen molar-refractivity contribution in [1.82, 2.24) is 20.4 Å². The molecule has 0 atom stereocenters. The number of nitrogens with one attached hydrogen (secondary N) is 3. The highest BCUT2D eigenvalue weighted by atomic mass is 16.2. The number of fused-ring (bicyclic) bond motifs is 1. The standard InChI is InChI=1S/C6H9N5O/c1-11-3-7-5-4(11)2-8-10-6(12)9-5/h3,8H,2H2,1H3,(H2,9,10,12). The van der Waals surface area contributed by atoms with Crippen molar-refractivity contribution in [3.63, 3.8) is 0 Å². The number of aromatic nitrogens is 2. The topological polar surface area (TPSA) is 71.0 Å². The van der Waals surface area contributed by atoms with Gasteiger partial charge in [-0.05, 0) is 0 Å². The molecule has 0 spiro atoms. The molecule has 2 heterocycles. The molecule has 0 bridgehead atoms. The molecule has 0 aliphatic carbocycles. The quantitative estimate of drug-likeness (QED) is 0.490. The van der Waals surface area contributed by atoms with Gasteiger partial charge < -0.3 is 4.57 Å². The summed E-state index contributed by atoms with van der Waals surface area (Å²) >= 11 is 0. The third-order valence-corrected chi connectivity index (χ3v) is 1.75. The predicted molar refractivity (Wildman–Crippen MR) is 42.2 cm³/mol. The predicted octanol–water partition coefficient (Wildman–Crippen LogP) is -0.440. The van der Waals surface area contributed by atoms with Gasteiger partial charge in [0.05, 0.1) is 18.6 Å². The van der Waals surface area contributed by atoms with Gasteiger partial charge >= 0.3 is 6.03 Å². The van der Waals surface area contributed by atoms with Gasteiger partial charge in [0.2, 0.25) is 0 Å². The summed E-state index contributed by atoms with van der Waals surface area (Å²) in [7, 11) is 1.88. The van der Waals surface area contributed by atoms with Crippen molar-refractivity contribution < 1.29 is 4.79 Å². The summed E-state index contributed by atoms with van der Waals surface area (Å²) in [6, 6.07) is -0.285. The summed E-state index contributed by atoms with van der Waals surface area (Å²) in [6.45, 7) is 0.574. The Morgan fingerprint density at radius 3 is 3.33 bits per heavy atom. The summed E-state index contributed by atoms with van der Waals surface area (Å²) in [6.07, 6.45) is 1.66. The zero-order valence-electron chi connectivity index (χ0n) is 6.59. The highest BCUT2D eigenvalue weighted by Crippen LogP contribution is 2.12. The number of aryl methyl sites for hydroxylation is 1. The number of carbonyl (C=O) groups excluding carboxylic acids is 1. The first-order valence-electron chi connectivity index (χ1n) is 3.57. The van der Waals surface area contributed by atoms with E-state index in [0.717, 1.165) is 5.69 Å². The molecule has 0 unspecified atom stereocenters. The van der Waals surface area contributed by atoms with Gasteiger partial charge in [-0.3, -0.25) is 10.7 Å². The third kappa shape index (κ3) is 1.02. The normalized spacial score (nSPS) is 15.9. The van der Waals surface area contributed by atoms with E-state index < -0.39 is 0 Å². The molecule has 2 amide bonds. The van der Waals surface area contributed by atoms with Crippen molar-refractivity contribution in [2.24, 2.45) is 7.05 Å². The molecule has 0 radical (unpaired) electrons. The van der Waals surface area contributed by atoms with Gasteiger partial charge in [0.1, 0.15) is 0 Å². The molecule has 6 nitrogen and oxygen atoms in total. The Labute approximate surface area is 68.9 Å². The van der Waals surface area contributed by atoms with Crippen molar-refractivity contribution >= 4 is 11.8 Å². The van der Waals surface area contributed by atoms with Gasteiger partial charge in [0, 0.05) is 7.05 Å². The van der Waals surface area contributed by atoms with E-state index in [4.69, 9.17) is 0 Å². The Morgan fingerprint density at radius 2 is 2.50 bits per heavy atom. The lowest BCUT2D eigenvalue weighted by molar-refractivity contribution is 0.248. The molecule has 6 heteroatoms. The number of imidazole rings is 1. The molecule has 12 heavy (non-hydrogen) atoms. The van der Waals surface area contributed by atoms with E-state index in [2.05, 4.69) is 21.2 Å². The van der Waals surface area contributed by atoms with Crippen molar-refractivity contribution in [2.45, 2.75) is 6.54 Å².